The second kappa shape index (κ2) is 7.48. The molecule has 3 aromatic rings. The molecule has 6 nitrogen and oxygen atoms in total. The van der Waals surface area contributed by atoms with Crippen molar-refractivity contribution in [2.75, 3.05) is 7.11 Å². The first kappa shape index (κ1) is 17.2. The van der Waals surface area contributed by atoms with Gasteiger partial charge in [-0.1, -0.05) is 12.1 Å². The van der Waals surface area contributed by atoms with Crippen molar-refractivity contribution in [3.05, 3.63) is 88.2 Å². The predicted octanol–water partition coefficient (Wildman–Crippen LogP) is 4.76. The number of nitro groups is 1. The lowest BCUT2D eigenvalue weighted by molar-refractivity contribution is -0.384. The molecule has 0 bridgehead atoms. The maximum absolute atomic E-state index is 12.2. The van der Waals surface area contributed by atoms with Crippen molar-refractivity contribution >= 4 is 17.5 Å². The molecule has 2 aromatic carbocycles. The van der Waals surface area contributed by atoms with E-state index in [-0.39, 0.29) is 17.0 Å². The van der Waals surface area contributed by atoms with Crippen LogP contribution in [0.15, 0.2) is 71.2 Å². The van der Waals surface area contributed by atoms with E-state index < -0.39 is 4.92 Å². The van der Waals surface area contributed by atoms with Gasteiger partial charge in [0.05, 0.1) is 12.0 Å². The number of methoxy groups -OCH3 is 1. The molecule has 0 amide bonds. The van der Waals surface area contributed by atoms with Gasteiger partial charge in [0.15, 0.2) is 5.78 Å². The molecule has 6 heteroatoms. The number of furan rings is 1. The van der Waals surface area contributed by atoms with Crippen LogP contribution < -0.4 is 4.74 Å². The van der Waals surface area contributed by atoms with Crippen LogP contribution in [0, 0.1) is 10.1 Å². The summed E-state index contributed by atoms with van der Waals surface area (Å²) in [6, 6.07) is 16.6. The molecule has 26 heavy (non-hydrogen) atoms. The number of non-ortho nitro benzene ring substituents is 1. The average molecular weight is 349 g/mol. The van der Waals surface area contributed by atoms with Gasteiger partial charge in [-0.15, -0.1) is 0 Å². The molecule has 0 atom stereocenters. The predicted molar refractivity (Wildman–Crippen MR) is 97.2 cm³/mol. The lowest BCUT2D eigenvalue weighted by Gasteiger charge is -2.00. The van der Waals surface area contributed by atoms with Gasteiger partial charge in [-0.2, -0.15) is 0 Å². The van der Waals surface area contributed by atoms with Gasteiger partial charge in [0.2, 0.25) is 0 Å². The molecule has 1 heterocycles. The number of nitrogens with zero attached hydrogens (tertiary/aromatic N) is 1. The van der Waals surface area contributed by atoms with Crippen molar-refractivity contribution in [2.45, 2.75) is 0 Å². The van der Waals surface area contributed by atoms with E-state index in [1.807, 2.05) is 24.3 Å². The quantitative estimate of drug-likeness (QED) is 0.277. The van der Waals surface area contributed by atoms with Crippen LogP contribution in [-0.2, 0) is 0 Å². The number of benzene rings is 2. The van der Waals surface area contributed by atoms with Crippen molar-refractivity contribution in [3.8, 4) is 17.1 Å². The molecule has 0 saturated heterocycles. The standard InChI is InChI=1S/C20H15NO5/c1-25-17-7-5-14(6-8-17)20-12-10-18(26-20)9-11-19(22)15-3-2-4-16(13-15)21(23)24/h2-13H,1H3. The average Bonchev–Trinajstić information content (AvgIpc) is 3.15. The molecule has 0 unspecified atom stereocenters. The largest absolute Gasteiger partial charge is 0.497 e. The van der Waals surface area contributed by atoms with Gasteiger partial charge in [0.25, 0.3) is 5.69 Å². The number of rotatable bonds is 6. The van der Waals surface area contributed by atoms with E-state index in [0.717, 1.165) is 11.3 Å². The van der Waals surface area contributed by atoms with Crippen LogP contribution in [0.3, 0.4) is 0 Å². The summed E-state index contributed by atoms with van der Waals surface area (Å²) >= 11 is 0. The Hall–Kier alpha value is -3.67. The molecule has 0 radical (unpaired) electrons. The summed E-state index contributed by atoms with van der Waals surface area (Å²) in [5.74, 6) is 1.59. The molecule has 3 rings (SSSR count). The van der Waals surface area contributed by atoms with E-state index in [9.17, 15) is 14.9 Å². The molecule has 0 aliphatic rings. The Morgan fingerprint density at radius 1 is 1.12 bits per heavy atom. The third-order valence-electron chi connectivity index (χ3n) is 3.74. The van der Waals surface area contributed by atoms with Crippen molar-refractivity contribution in [3.63, 3.8) is 0 Å². The van der Waals surface area contributed by atoms with Crippen LogP contribution in [-0.4, -0.2) is 17.8 Å². The minimum Gasteiger partial charge on any atom is -0.497 e. The van der Waals surface area contributed by atoms with Crippen LogP contribution in [0.1, 0.15) is 16.1 Å². The van der Waals surface area contributed by atoms with Crippen LogP contribution in [0.5, 0.6) is 5.75 Å². The number of nitro benzene ring substituents is 1. The SMILES string of the molecule is COc1ccc(-c2ccc(C=CC(=O)c3cccc([N+](=O)[O-])c3)o2)cc1. The molecule has 0 aliphatic heterocycles. The number of hydrogen-bond donors (Lipinski definition) is 0. The Bertz CT molecular complexity index is 970. The Morgan fingerprint density at radius 3 is 2.58 bits per heavy atom. The lowest BCUT2D eigenvalue weighted by Crippen LogP contribution is -1.96. The molecule has 0 fully saturated rings. The fourth-order valence-corrected chi connectivity index (χ4v) is 2.38. The van der Waals surface area contributed by atoms with Gasteiger partial charge >= 0.3 is 0 Å². The zero-order valence-corrected chi connectivity index (χ0v) is 13.9. The second-order valence-electron chi connectivity index (χ2n) is 5.44. The van der Waals surface area contributed by atoms with Crippen LogP contribution in [0.4, 0.5) is 5.69 Å². The number of ketones is 1. The third-order valence-corrected chi connectivity index (χ3v) is 3.74. The summed E-state index contributed by atoms with van der Waals surface area (Å²) in [6.07, 6.45) is 2.86. The van der Waals surface area contributed by atoms with Crippen LogP contribution in [0.25, 0.3) is 17.4 Å². The summed E-state index contributed by atoms with van der Waals surface area (Å²) in [6.45, 7) is 0. The molecule has 0 N–H and O–H groups in total. The normalized spacial score (nSPS) is 10.8. The number of allylic oxidation sites excluding steroid dienone is 1. The number of carbonyl (C=O) groups is 1. The summed E-state index contributed by atoms with van der Waals surface area (Å²) in [5.41, 5.74) is 1.01. The lowest BCUT2D eigenvalue weighted by atomic mass is 10.1. The highest BCUT2D eigenvalue weighted by molar-refractivity contribution is 6.07. The summed E-state index contributed by atoms with van der Waals surface area (Å²) in [7, 11) is 1.60. The Labute approximate surface area is 149 Å². The molecule has 0 spiro atoms. The first-order valence-electron chi connectivity index (χ1n) is 7.78. The second-order valence-corrected chi connectivity index (χ2v) is 5.44. The van der Waals surface area contributed by atoms with Gasteiger partial charge < -0.3 is 9.15 Å². The summed E-state index contributed by atoms with van der Waals surface area (Å²) < 4.78 is 10.8. The first-order valence-corrected chi connectivity index (χ1v) is 7.78. The van der Waals surface area contributed by atoms with E-state index in [1.54, 1.807) is 19.2 Å². The monoisotopic (exact) mass is 349 g/mol. The topological polar surface area (TPSA) is 82.6 Å². The molecular weight excluding hydrogens is 334 g/mol. The zero-order chi connectivity index (χ0) is 18.5. The molecule has 0 aliphatic carbocycles. The van der Waals surface area contributed by atoms with E-state index in [4.69, 9.17) is 9.15 Å². The van der Waals surface area contributed by atoms with Crippen molar-refractivity contribution in [1.29, 1.82) is 0 Å². The summed E-state index contributed by atoms with van der Waals surface area (Å²) in [5, 5.41) is 10.8. The summed E-state index contributed by atoms with van der Waals surface area (Å²) in [4.78, 5) is 22.4. The van der Waals surface area contributed by atoms with Crippen molar-refractivity contribution in [1.82, 2.24) is 0 Å². The smallest absolute Gasteiger partial charge is 0.270 e. The van der Waals surface area contributed by atoms with Gasteiger partial charge in [-0.05, 0) is 48.6 Å². The minimum absolute atomic E-state index is 0.121. The highest BCUT2D eigenvalue weighted by Crippen LogP contribution is 2.25. The van der Waals surface area contributed by atoms with Gasteiger partial charge in [-0.3, -0.25) is 14.9 Å². The highest BCUT2D eigenvalue weighted by Gasteiger charge is 2.10. The Balaban J connectivity index is 1.74. The molecular formula is C20H15NO5. The first-order chi connectivity index (χ1) is 12.6. The van der Waals surface area contributed by atoms with E-state index in [2.05, 4.69) is 0 Å². The van der Waals surface area contributed by atoms with Crippen molar-refractivity contribution < 1.29 is 18.9 Å². The highest BCUT2D eigenvalue weighted by atomic mass is 16.6. The van der Waals surface area contributed by atoms with E-state index in [0.29, 0.717) is 11.5 Å². The third kappa shape index (κ3) is 3.87. The van der Waals surface area contributed by atoms with Crippen molar-refractivity contribution in [2.24, 2.45) is 0 Å². The van der Waals surface area contributed by atoms with E-state index in [1.165, 1.54) is 36.4 Å². The van der Waals surface area contributed by atoms with Gasteiger partial charge in [0, 0.05) is 23.3 Å². The maximum Gasteiger partial charge on any atom is 0.270 e. The fourth-order valence-electron chi connectivity index (χ4n) is 2.38. The maximum atomic E-state index is 12.2. The zero-order valence-electron chi connectivity index (χ0n) is 13.9. The fraction of sp³-hybridized carbons (Fsp3) is 0.0500. The Morgan fingerprint density at radius 2 is 1.88 bits per heavy atom. The van der Waals surface area contributed by atoms with Crippen LogP contribution >= 0.6 is 0 Å². The van der Waals surface area contributed by atoms with Gasteiger partial charge in [-0.25, -0.2) is 0 Å². The number of hydrogen-bond acceptors (Lipinski definition) is 5. The number of ether oxygens (including phenoxy) is 1. The minimum atomic E-state index is -0.534. The van der Waals surface area contributed by atoms with Crippen LogP contribution in [0.2, 0.25) is 0 Å². The molecule has 0 saturated carbocycles. The molecule has 1 aromatic heterocycles. The number of carbonyl (C=O) groups excluding carboxylic acids is 1. The van der Waals surface area contributed by atoms with E-state index >= 15 is 0 Å². The Kier molecular flexibility index (Phi) is 4.94. The van der Waals surface area contributed by atoms with Gasteiger partial charge in [0.1, 0.15) is 17.3 Å². The molecule has 130 valence electrons.